The first-order valence-electron chi connectivity index (χ1n) is 14.6. The van der Waals surface area contributed by atoms with Crippen LogP contribution in [-0.4, -0.2) is 111 Å². The Morgan fingerprint density at radius 1 is 1.04 bits per heavy atom. The van der Waals surface area contributed by atoms with E-state index in [0.29, 0.717) is 11.1 Å². The molecule has 0 radical (unpaired) electrons. The molecule has 0 spiro atoms. The molecule has 6 atom stereocenters. The molecule has 0 aromatic heterocycles. The lowest BCUT2D eigenvalue weighted by atomic mass is 9.89. The van der Waals surface area contributed by atoms with Crippen LogP contribution in [0, 0.1) is 0 Å². The molecule has 4 saturated heterocycles. The molecule has 2 N–H and O–H groups in total. The number of thioether (sulfide) groups is 1. The summed E-state index contributed by atoms with van der Waals surface area (Å²) in [6.07, 6.45) is 0.942. The Bertz CT molecular complexity index is 1690. The third-order valence-electron chi connectivity index (χ3n) is 9.05. The number of methoxy groups -OCH3 is 1. The van der Waals surface area contributed by atoms with E-state index in [1.807, 2.05) is 0 Å². The maximum Gasteiger partial charge on any atom is 0.333 e. The van der Waals surface area contributed by atoms with Gasteiger partial charge in [-0.15, -0.1) is 11.8 Å². The van der Waals surface area contributed by atoms with Gasteiger partial charge >= 0.3 is 17.9 Å². The van der Waals surface area contributed by atoms with Gasteiger partial charge in [0.15, 0.2) is 9.84 Å². The molecule has 1 aromatic carbocycles. The number of sulfone groups is 1. The Hall–Kier alpha value is -4.12. The molecule has 0 aliphatic carbocycles. The highest BCUT2D eigenvalue weighted by atomic mass is 32.2. The number of aromatic hydroxyl groups is 1. The molecule has 4 heterocycles. The monoisotopic (exact) mass is 693 g/mol. The number of phenolic OH excluding ortho intramolecular Hbond substituents is 1. The number of nitrogens with one attached hydrogen (secondary N) is 1. The zero-order valence-corrected chi connectivity index (χ0v) is 28.0. The first kappa shape index (κ1) is 34.2. The highest BCUT2D eigenvalue weighted by Crippen LogP contribution is 2.51. The van der Waals surface area contributed by atoms with Crippen molar-refractivity contribution >= 4 is 57.2 Å². The first-order valence-corrected chi connectivity index (χ1v) is 17.0. The van der Waals surface area contributed by atoms with Crippen LogP contribution >= 0.6 is 11.8 Å². The van der Waals surface area contributed by atoms with E-state index in [2.05, 4.69) is 10.1 Å². The van der Waals surface area contributed by atoms with Crippen LogP contribution < -0.4 is 5.32 Å². The normalized spacial score (nSPS) is 28.6. The number of amides is 3. The predicted octanol–water partition coefficient (Wildman–Crippen LogP) is 0.320. The van der Waals surface area contributed by atoms with Crippen molar-refractivity contribution in [2.45, 2.75) is 85.3 Å². The van der Waals surface area contributed by atoms with Crippen molar-refractivity contribution in [3.8, 4) is 5.75 Å². The van der Waals surface area contributed by atoms with Gasteiger partial charge in [0.2, 0.25) is 24.5 Å². The molecular formula is C30H35N3O12S2. The van der Waals surface area contributed by atoms with Crippen molar-refractivity contribution in [3.63, 3.8) is 0 Å². The van der Waals surface area contributed by atoms with E-state index in [4.69, 9.17) is 9.47 Å². The van der Waals surface area contributed by atoms with Crippen LogP contribution in [0.15, 0.2) is 35.9 Å². The summed E-state index contributed by atoms with van der Waals surface area (Å²) >= 11 is 1.26. The molecular weight excluding hydrogens is 658 g/mol. The Balaban J connectivity index is 1.24. The first-order chi connectivity index (χ1) is 21.8. The number of hydrogen-bond donors (Lipinski definition) is 2. The minimum Gasteiger partial charge on any atom is -0.508 e. The van der Waals surface area contributed by atoms with Crippen molar-refractivity contribution in [2.24, 2.45) is 0 Å². The average molecular weight is 694 g/mol. The number of benzene rings is 1. The molecule has 1 unspecified atom stereocenters. The summed E-state index contributed by atoms with van der Waals surface area (Å²) in [5.74, 6) is -5.29. The summed E-state index contributed by atoms with van der Waals surface area (Å²) in [5.41, 5.74) is 0.774. The van der Waals surface area contributed by atoms with Crippen molar-refractivity contribution in [2.75, 3.05) is 13.9 Å². The number of nitrogens with zero attached hydrogens (tertiary/aromatic N) is 2. The highest BCUT2D eigenvalue weighted by molar-refractivity contribution is 8.01. The van der Waals surface area contributed by atoms with E-state index in [1.165, 1.54) is 61.9 Å². The van der Waals surface area contributed by atoms with Gasteiger partial charge in [0.1, 0.15) is 34.6 Å². The quantitative estimate of drug-likeness (QED) is 0.155. The van der Waals surface area contributed by atoms with Crippen LogP contribution in [0.4, 0.5) is 0 Å². The molecule has 4 aliphatic heterocycles. The third kappa shape index (κ3) is 5.52. The third-order valence-corrected chi connectivity index (χ3v) is 13.4. The van der Waals surface area contributed by atoms with Crippen LogP contribution in [0.3, 0.4) is 0 Å². The zero-order chi connectivity index (χ0) is 34.8. The summed E-state index contributed by atoms with van der Waals surface area (Å²) in [5, 5.41) is 10.7. The van der Waals surface area contributed by atoms with Gasteiger partial charge in [0, 0.05) is 10.8 Å². The number of fused-ring (bicyclic) bond motifs is 2. The van der Waals surface area contributed by atoms with Crippen molar-refractivity contribution in [1.82, 2.24) is 15.1 Å². The molecule has 254 valence electrons. The molecule has 3 amide bonds. The number of carbonyl (C=O) groups excluding carboxylic acids is 6. The Morgan fingerprint density at radius 2 is 1.64 bits per heavy atom. The predicted molar refractivity (Wildman–Crippen MR) is 164 cm³/mol. The van der Waals surface area contributed by atoms with Crippen LogP contribution in [0.25, 0.3) is 0 Å². The van der Waals surface area contributed by atoms with Crippen LogP contribution in [-0.2, 0) is 52.8 Å². The zero-order valence-electron chi connectivity index (χ0n) is 26.4. The van der Waals surface area contributed by atoms with E-state index in [-0.39, 0.29) is 12.2 Å². The molecule has 1 aromatic rings. The van der Waals surface area contributed by atoms with Gasteiger partial charge in [-0.1, -0.05) is 12.1 Å². The molecule has 0 bridgehead atoms. The van der Waals surface area contributed by atoms with E-state index in [9.17, 15) is 42.3 Å². The average Bonchev–Trinajstić information content (AvgIpc) is 3.31. The lowest BCUT2D eigenvalue weighted by molar-refractivity contribution is -0.181. The van der Waals surface area contributed by atoms with E-state index < -0.39 is 96.5 Å². The summed E-state index contributed by atoms with van der Waals surface area (Å²) in [7, 11) is -2.64. The summed E-state index contributed by atoms with van der Waals surface area (Å²) in [6, 6.07) is 2.27. The second-order valence-electron chi connectivity index (χ2n) is 12.7. The number of β-lactam (4-membered cyclic amide) rings is 2. The molecule has 47 heavy (non-hydrogen) atoms. The van der Waals surface area contributed by atoms with Gasteiger partial charge < -0.3 is 34.4 Å². The van der Waals surface area contributed by atoms with Crippen molar-refractivity contribution in [3.05, 3.63) is 41.5 Å². The topological polar surface area (TPSA) is 203 Å². The van der Waals surface area contributed by atoms with Crippen molar-refractivity contribution < 1.29 is 56.5 Å². The number of ether oxygens (including phenoxy) is 3. The lowest BCUT2D eigenvalue weighted by Crippen LogP contribution is -2.71. The summed E-state index contributed by atoms with van der Waals surface area (Å²) in [4.78, 5) is 79.4. The fraction of sp³-hybridized carbons (Fsp3) is 0.533. The summed E-state index contributed by atoms with van der Waals surface area (Å²) < 4.78 is 38.1. The van der Waals surface area contributed by atoms with Gasteiger partial charge in [-0.2, -0.15) is 0 Å². The number of hydrogen-bond acceptors (Lipinski definition) is 13. The Morgan fingerprint density at radius 3 is 2.21 bits per heavy atom. The minimum atomic E-state index is -3.84. The molecule has 5 rings (SSSR count). The van der Waals surface area contributed by atoms with Gasteiger partial charge in [0.05, 0.1) is 24.2 Å². The lowest BCUT2D eigenvalue weighted by Gasteiger charge is -2.44. The van der Waals surface area contributed by atoms with Crippen LogP contribution in [0.2, 0.25) is 0 Å². The largest absolute Gasteiger partial charge is 0.508 e. The number of esters is 3. The van der Waals surface area contributed by atoms with Gasteiger partial charge in [-0.3, -0.25) is 14.4 Å². The van der Waals surface area contributed by atoms with E-state index >= 15 is 0 Å². The minimum absolute atomic E-state index is 0.0280. The number of rotatable bonds is 9. The number of phenols is 1. The maximum absolute atomic E-state index is 13.6. The highest BCUT2D eigenvalue weighted by Gasteiger charge is 2.68. The van der Waals surface area contributed by atoms with Crippen LogP contribution in [0.1, 0.15) is 52.5 Å². The van der Waals surface area contributed by atoms with Crippen molar-refractivity contribution in [1.29, 1.82) is 0 Å². The van der Waals surface area contributed by atoms with Gasteiger partial charge in [0.25, 0.3) is 0 Å². The smallest absolute Gasteiger partial charge is 0.333 e. The summed E-state index contributed by atoms with van der Waals surface area (Å²) in [6.45, 7) is 6.77. The van der Waals surface area contributed by atoms with Crippen LogP contribution in [0.5, 0.6) is 5.75 Å². The number of carbonyl (C=O) groups is 6. The Kier molecular flexibility index (Phi) is 8.62. The molecule has 4 aliphatic rings. The molecule has 17 heteroatoms. The standard InChI is InChI=1S/C30H35N3O12S2/c1-14(11-19(36)43-6)20(15-7-9-16(34)10-8-15)24(37)31-21-25(38)33-22(29(2,3)46-26(21)33)27(39)44-13-45-28(40)23-30(4,5)47(41,42)18-12-17(35)32(18)23/h7-11,18,20-23,26,34H,12-13H2,1-6H3,(H,31,37)/t18-,20?,21-,22+,23+,26-/m1/s1. The van der Waals surface area contributed by atoms with Gasteiger partial charge in [-0.25, -0.2) is 22.8 Å². The SMILES string of the molecule is COC(=O)C=C(C)C(C(=O)N[C@@H]1C(=O)N2[C@@H]1SC(C)(C)[C@@H]2C(=O)OCOC(=O)[C@@H]1N2C(=O)C[C@H]2S(=O)(=O)C1(C)C)c1ccc(O)cc1. The molecule has 4 fully saturated rings. The van der Waals surface area contributed by atoms with Gasteiger partial charge in [-0.05, 0) is 57.9 Å². The second kappa shape index (κ2) is 11.8. The fourth-order valence-corrected chi connectivity index (χ4v) is 10.2. The van der Waals surface area contributed by atoms with E-state index in [0.717, 1.165) is 11.0 Å². The van der Waals surface area contributed by atoms with E-state index in [1.54, 1.807) is 20.8 Å². The Labute approximate surface area is 274 Å². The second-order valence-corrected chi connectivity index (χ2v) is 17.2. The maximum atomic E-state index is 13.6. The fourth-order valence-electron chi connectivity index (χ4n) is 6.49. The molecule has 15 nitrogen and oxygen atoms in total. The molecule has 0 saturated carbocycles.